The highest BCUT2D eigenvalue weighted by Crippen LogP contribution is 2.27. The number of carbonyl (C=O) groups is 2. The maximum Gasteiger partial charge on any atom is 0.408 e. The zero-order chi connectivity index (χ0) is 22.9. The zero-order valence-electron chi connectivity index (χ0n) is 19.7. The second kappa shape index (κ2) is 12.1. The third-order valence-corrected chi connectivity index (χ3v) is 5.55. The van der Waals surface area contributed by atoms with Crippen molar-refractivity contribution < 1.29 is 23.8 Å². The summed E-state index contributed by atoms with van der Waals surface area (Å²) in [5, 5.41) is 2.66. The van der Waals surface area contributed by atoms with Crippen LogP contribution in [0.3, 0.4) is 0 Å². The van der Waals surface area contributed by atoms with Crippen LogP contribution in [-0.4, -0.2) is 42.5 Å². The molecule has 0 bridgehead atoms. The van der Waals surface area contributed by atoms with Gasteiger partial charge in [0.25, 0.3) is 0 Å². The van der Waals surface area contributed by atoms with Gasteiger partial charge in [-0.05, 0) is 52.5 Å². The van der Waals surface area contributed by atoms with Gasteiger partial charge in [0.15, 0.2) is 0 Å². The molecule has 1 heterocycles. The molecule has 31 heavy (non-hydrogen) atoms. The Morgan fingerprint density at radius 1 is 1.19 bits per heavy atom. The number of alkyl carbamates (subject to hydrolysis) is 1. The lowest BCUT2D eigenvalue weighted by Gasteiger charge is -2.31. The van der Waals surface area contributed by atoms with E-state index in [4.69, 9.17) is 14.2 Å². The highest BCUT2D eigenvalue weighted by molar-refractivity contribution is 5.81. The number of ether oxygens (including phenoxy) is 3. The van der Waals surface area contributed by atoms with Crippen molar-refractivity contribution in [3.63, 3.8) is 0 Å². The minimum absolute atomic E-state index is 0.00478. The molecule has 0 aromatic heterocycles. The predicted molar refractivity (Wildman–Crippen MR) is 121 cm³/mol. The van der Waals surface area contributed by atoms with E-state index in [1.54, 1.807) is 20.8 Å². The fourth-order valence-corrected chi connectivity index (χ4v) is 3.93. The molecule has 1 aliphatic heterocycles. The SMILES string of the molecule is CCCC[C@H]1[C@H](C)OC(=O)[C@@H](NC(=O)OC(C)(C)C)CCO[C@@H]1CCc1ccccc1. The van der Waals surface area contributed by atoms with Crippen LogP contribution in [0, 0.1) is 5.92 Å². The molecule has 0 aliphatic carbocycles. The van der Waals surface area contributed by atoms with Crippen LogP contribution < -0.4 is 5.32 Å². The summed E-state index contributed by atoms with van der Waals surface area (Å²) in [5.41, 5.74) is 0.638. The Morgan fingerprint density at radius 2 is 1.90 bits per heavy atom. The van der Waals surface area contributed by atoms with Crippen molar-refractivity contribution in [2.75, 3.05) is 6.61 Å². The molecule has 0 radical (unpaired) electrons. The molecule has 0 spiro atoms. The molecule has 2 rings (SSSR count). The van der Waals surface area contributed by atoms with E-state index in [0.717, 1.165) is 32.1 Å². The smallest absolute Gasteiger partial charge is 0.408 e. The Labute approximate surface area is 187 Å². The van der Waals surface area contributed by atoms with E-state index in [-0.39, 0.29) is 18.1 Å². The van der Waals surface area contributed by atoms with Gasteiger partial charge in [0.05, 0.1) is 6.10 Å². The second-order valence-electron chi connectivity index (χ2n) is 9.37. The lowest BCUT2D eigenvalue weighted by Crippen LogP contribution is -2.45. The lowest BCUT2D eigenvalue weighted by atomic mass is 9.87. The number of benzene rings is 1. The first-order valence-corrected chi connectivity index (χ1v) is 11.5. The Hall–Kier alpha value is -2.08. The van der Waals surface area contributed by atoms with Crippen LogP contribution in [0.15, 0.2) is 30.3 Å². The van der Waals surface area contributed by atoms with Crippen molar-refractivity contribution >= 4 is 12.1 Å². The van der Waals surface area contributed by atoms with Crippen LogP contribution in [0.25, 0.3) is 0 Å². The van der Waals surface area contributed by atoms with Crippen molar-refractivity contribution in [2.45, 2.75) is 97.0 Å². The van der Waals surface area contributed by atoms with Gasteiger partial charge in [-0.15, -0.1) is 0 Å². The summed E-state index contributed by atoms with van der Waals surface area (Å²) in [6.45, 7) is 9.84. The molecule has 1 aromatic carbocycles. The van der Waals surface area contributed by atoms with Gasteiger partial charge in [-0.1, -0.05) is 50.1 Å². The number of hydrogen-bond donors (Lipinski definition) is 1. The number of hydrogen-bond acceptors (Lipinski definition) is 5. The summed E-state index contributed by atoms with van der Waals surface area (Å²) >= 11 is 0. The van der Waals surface area contributed by atoms with Gasteiger partial charge in [0.1, 0.15) is 17.7 Å². The first kappa shape index (κ1) is 25.2. The fraction of sp³-hybridized carbons (Fsp3) is 0.680. The molecule has 1 aliphatic rings. The predicted octanol–water partition coefficient (Wildman–Crippen LogP) is 5.04. The third-order valence-electron chi connectivity index (χ3n) is 5.55. The first-order valence-electron chi connectivity index (χ1n) is 11.5. The monoisotopic (exact) mass is 433 g/mol. The number of aryl methyl sites for hydroxylation is 1. The second-order valence-corrected chi connectivity index (χ2v) is 9.37. The Kier molecular flexibility index (Phi) is 9.82. The lowest BCUT2D eigenvalue weighted by molar-refractivity contribution is -0.154. The van der Waals surface area contributed by atoms with Crippen LogP contribution >= 0.6 is 0 Å². The molecule has 1 saturated heterocycles. The highest BCUT2D eigenvalue weighted by Gasteiger charge is 2.34. The van der Waals surface area contributed by atoms with E-state index >= 15 is 0 Å². The van der Waals surface area contributed by atoms with Crippen LogP contribution in [0.1, 0.15) is 72.3 Å². The molecule has 0 saturated carbocycles. The summed E-state index contributed by atoms with van der Waals surface area (Å²) in [7, 11) is 0. The molecule has 1 aromatic rings. The van der Waals surface area contributed by atoms with Crippen molar-refractivity contribution in [2.24, 2.45) is 5.92 Å². The topological polar surface area (TPSA) is 73.9 Å². The summed E-state index contributed by atoms with van der Waals surface area (Å²) in [6, 6.07) is 9.58. The molecule has 1 N–H and O–H groups in total. The molecular weight excluding hydrogens is 394 g/mol. The number of unbranched alkanes of at least 4 members (excludes halogenated alkanes) is 1. The number of esters is 1. The number of cyclic esters (lactones) is 1. The van der Waals surface area contributed by atoms with E-state index in [1.807, 2.05) is 25.1 Å². The number of carbonyl (C=O) groups excluding carboxylic acids is 2. The van der Waals surface area contributed by atoms with Crippen molar-refractivity contribution in [3.8, 4) is 0 Å². The molecule has 4 atom stereocenters. The van der Waals surface area contributed by atoms with Crippen LogP contribution in [-0.2, 0) is 25.4 Å². The van der Waals surface area contributed by atoms with E-state index in [0.29, 0.717) is 13.0 Å². The number of nitrogens with one attached hydrogen (secondary N) is 1. The Bertz CT molecular complexity index is 685. The minimum atomic E-state index is -0.781. The molecule has 174 valence electrons. The average Bonchev–Trinajstić information content (AvgIpc) is 2.74. The van der Waals surface area contributed by atoms with Gasteiger partial charge in [0.2, 0.25) is 0 Å². The normalized spacial score (nSPS) is 25.0. The minimum Gasteiger partial charge on any atom is -0.461 e. The quantitative estimate of drug-likeness (QED) is 0.610. The van der Waals surface area contributed by atoms with Crippen LogP contribution in [0.2, 0.25) is 0 Å². The van der Waals surface area contributed by atoms with Gasteiger partial charge in [0, 0.05) is 18.9 Å². The van der Waals surface area contributed by atoms with Crippen molar-refractivity contribution in [1.82, 2.24) is 5.32 Å². The molecule has 6 heteroatoms. The average molecular weight is 434 g/mol. The summed E-state index contributed by atoms with van der Waals surface area (Å²) in [6.07, 6.45) is 4.28. The largest absolute Gasteiger partial charge is 0.461 e. The van der Waals surface area contributed by atoms with Crippen molar-refractivity contribution in [1.29, 1.82) is 0 Å². The van der Waals surface area contributed by atoms with Crippen LogP contribution in [0.4, 0.5) is 4.79 Å². The van der Waals surface area contributed by atoms with E-state index in [2.05, 4.69) is 24.4 Å². The van der Waals surface area contributed by atoms with Gasteiger partial charge in [-0.25, -0.2) is 9.59 Å². The first-order chi connectivity index (χ1) is 14.7. The highest BCUT2D eigenvalue weighted by atomic mass is 16.6. The Morgan fingerprint density at radius 3 is 2.55 bits per heavy atom. The standard InChI is InChI=1S/C25H39NO5/c1-6-7-13-20-18(2)30-23(27)21(26-24(28)31-25(3,4)5)16-17-29-22(20)15-14-19-11-9-8-10-12-19/h8-12,18,20-22H,6-7,13-17H2,1-5H3,(H,26,28)/t18-,20-,21-,22+/m0/s1. The number of rotatable bonds is 7. The van der Waals surface area contributed by atoms with Crippen molar-refractivity contribution in [3.05, 3.63) is 35.9 Å². The van der Waals surface area contributed by atoms with Gasteiger partial charge >= 0.3 is 12.1 Å². The van der Waals surface area contributed by atoms with E-state index < -0.39 is 23.7 Å². The zero-order valence-corrected chi connectivity index (χ0v) is 19.7. The van der Waals surface area contributed by atoms with Gasteiger partial charge in [-0.2, -0.15) is 0 Å². The molecule has 1 fully saturated rings. The maximum absolute atomic E-state index is 12.8. The summed E-state index contributed by atoms with van der Waals surface area (Å²) in [4.78, 5) is 25.0. The van der Waals surface area contributed by atoms with Crippen LogP contribution in [0.5, 0.6) is 0 Å². The summed E-state index contributed by atoms with van der Waals surface area (Å²) < 4.78 is 17.4. The molecule has 6 nitrogen and oxygen atoms in total. The fourth-order valence-electron chi connectivity index (χ4n) is 3.93. The number of amides is 1. The Balaban J connectivity index is 2.08. The molecule has 0 unspecified atom stereocenters. The maximum atomic E-state index is 12.8. The van der Waals surface area contributed by atoms with Gasteiger partial charge in [-0.3, -0.25) is 0 Å². The van der Waals surface area contributed by atoms with E-state index in [1.165, 1.54) is 5.56 Å². The third kappa shape index (κ3) is 8.90. The van der Waals surface area contributed by atoms with E-state index in [9.17, 15) is 9.59 Å². The molecular formula is C25H39NO5. The van der Waals surface area contributed by atoms with Gasteiger partial charge < -0.3 is 19.5 Å². The molecule has 1 amide bonds. The summed E-state index contributed by atoms with van der Waals surface area (Å²) in [5.74, 6) is -0.306.